The second-order valence-corrected chi connectivity index (χ2v) is 4.74. The molecule has 0 aromatic carbocycles. The smallest absolute Gasteiger partial charge is 0.0944 e. The summed E-state index contributed by atoms with van der Waals surface area (Å²) in [7, 11) is 0. The first-order valence-corrected chi connectivity index (χ1v) is 6.27. The second kappa shape index (κ2) is 4.76. The monoisotopic (exact) mass is 236 g/mol. The van der Waals surface area contributed by atoms with Crippen LogP contribution < -0.4 is 5.73 Å². The summed E-state index contributed by atoms with van der Waals surface area (Å²) in [5, 5.41) is 7.45. The van der Waals surface area contributed by atoms with E-state index in [-0.39, 0.29) is 6.04 Å². The quantitative estimate of drug-likeness (QED) is 0.882. The first-order valence-electron chi connectivity index (χ1n) is 5.39. The van der Waals surface area contributed by atoms with Crippen LogP contribution in [0.3, 0.4) is 0 Å². The van der Waals surface area contributed by atoms with Crippen molar-refractivity contribution in [3.63, 3.8) is 0 Å². The Morgan fingerprint density at radius 1 is 1.56 bits per heavy atom. The summed E-state index contributed by atoms with van der Waals surface area (Å²) in [5.74, 6) is 0. The summed E-state index contributed by atoms with van der Waals surface area (Å²) in [6, 6.07) is 2.04. The summed E-state index contributed by atoms with van der Waals surface area (Å²) in [6.07, 6.45) is 2.60. The molecule has 16 heavy (non-hydrogen) atoms. The molecule has 2 N–H and O–H groups in total. The number of rotatable bonds is 4. The van der Waals surface area contributed by atoms with Crippen LogP contribution in [0.5, 0.6) is 0 Å². The first-order chi connectivity index (χ1) is 7.70. The third-order valence-electron chi connectivity index (χ3n) is 2.49. The van der Waals surface area contributed by atoms with Crippen molar-refractivity contribution in [1.29, 1.82) is 0 Å². The minimum Gasteiger partial charge on any atom is -0.322 e. The molecule has 0 aliphatic heterocycles. The summed E-state index contributed by atoms with van der Waals surface area (Å²) in [6.45, 7) is 4.92. The van der Waals surface area contributed by atoms with E-state index >= 15 is 0 Å². The SMILES string of the molecule is CCn1nc(C)cc1C(N)Cc1nccs1. The highest BCUT2D eigenvalue weighted by molar-refractivity contribution is 7.09. The van der Waals surface area contributed by atoms with Crippen LogP contribution in [0.15, 0.2) is 17.6 Å². The third-order valence-corrected chi connectivity index (χ3v) is 3.29. The van der Waals surface area contributed by atoms with E-state index in [1.165, 1.54) is 0 Å². The lowest BCUT2D eigenvalue weighted by molar-refractivity contribution is 0.566. The number of aromatic nitrogens is 3. The van der Waals surface area contributed by atoms with Gasteiger partial charge in [-0.1, -0.05) is 0 Å². The Morgan fingerprint density at radius 3 is 3.00 bits per heavy atom. The van der Waals surface area contributed by atoms with Gasteiger partial charge in [0.15, 0.2) is 0 Å². The average Bonchev–Trinajstić information content (AvgIpc) is 2.86. The third kappa shape index (κ3) is 2.31. The van der Waals surface area contributed by atoms with E-state index in [0.717, 1.165) is 29.4 Å². The maximum absolute atomic E-state index is 6.18. The lowest BCUT2D eigenvalue weighted by Gasteiger charge is -2.11. The van der Waals surface area contributed by atoms with E-state index in [1.807, 2.05) is 23.2 Å². The number of hydrogen-bond donors (Lipinski definition) is 1. The lowest BCUT2D eigenvalue weighted by atomic mass is 10.1. The number of hydrogen-bond acceptors (Lipinski definition) is 4. The van der Waals surface area contributed by atoms with Gasteiger partial charge >= 0.3 is 0 Å². The Balaban J connectivity index is 2.16. The van der Waals surface area contributed by atoms with Crippen molar-refractivity contribution in [1.82, 2.24) is 14.8 Å². The van der Waals surface area contributed by atoms with Crippen LogP contribution >= 0.6 is 11.3 Å². The van der Waals surface area contributed by atoms with E-state index < -0.39 is 0 Å². The minimum absolute atomic E-state index is 0.0210. The lowest BCUT2D eigenvalue weighted by Crippen LogP contribution is -2.18. The van der Waals surface area contributed by atoms with Crippen molar-refractivity contribution in [3.8, 4) is 0 Å². The Morgan fingerprint density at radius 2 is 2.38 bits per heavy atom. The van der Waals surface area contributed by atoms with Crippen LogP contribution in [0.25, 0.3) is 0 Å². The molecule has 0 amide bonds. The van der Waals surface area contributed by atoms with Gasteiger partial charge in [-0.2, -0.15) is 5.10 Å². The van der Waals surface area contributed by atoms with Gasteiger partial charge in [0.25, 0.3) is 0 Å². The molecular weight excluding hydrogens is 220 g/mol. The average molecular weight is 236 g/mol. The highest BCUT2D eigenvalue weighted by atomic mass is 32.1. The summed E-state index contributed by atoms with van der Waals surface area (Å²) in [5.41, 5.74) is 8.29. The van der Waals surface area contributed by atoms with Crippen LogP contribution in [-0.2, 0) is 13.0 Å². The normalized spacial score (nSPS) is 12.9. The number of thiazole rings is 1. The van der Waals surface area contributed by atoms with Gasteiger partial charge in [0.05, 0.1) is 22.4 Å². The summed E-state index contributed by atoms with van der Waals surface area (Å²) in [4.78, 5) is 4.25. The topological polar surface area (TPSA) is 56.7 Å². The molecule has 2 aromatic rings. The molecule has 1 atom stereocenters. The maximum Gasteiger partial charge on any atom is 0.0944 e. The molecule has 0 saturated carbocycles. The molecule has 0 fully saturated rings. The van der Waals surface area contributed by atoms with Crippen molar-refractivity contribution in [2.75, 3.05) is 0 Å². The number of nitrogens with two attached hydrogens (primary N) is 1. The molecule has 0 bridgehead atoms. The van der Waals surface area contributed by atoms with Gasteiger partial charge < -0.3 is 5.73 Å². The molecule has 5 heteroatoms. The summed E-state index contributed by atoms with van der Waals surface area (Å²) < 4.78 is 1.97. The van der Waals surface area contributed by atoms with Crippen molar-refractivity contribution in [2.45, 2.75) is 32.9 Å². The van der Waals surface area contributed by atoms with Crippen LogP contribution in [0.4, 0.5) is 0 Å². The van der Waals surface area contributed by atoms with Gasteiger partial charge in [0.1, 0.15) is 0 Å². The molecular formula is C11H16N4S. The fourth-order valence-electron chi connectivity index (χ4n) is 1.76. The Hall–Kier alpha value is -1.20. The Bertz CT molecular complexity index is 447. The van der Waals surface area contributed by atoms with E-state index in [1.54, 1.807) is 11.3 Å². The van der Waals surface area contributed by atoms with Crippen molar-refractivity contribution in [3.05, 3.63) is 34.0 Å². The van der Waals surface area contributed by atoms with Crippen molar-refractivity contribution >= 4 is 11.3 Å². The fourth-order valence-corrected chi connectivity index (χ4v) is 2.44. The highest BCUT2D eigenvalue weighted by Crippen LogP contribution is 2.18. The molecule has 0 radical (unpaired) electrons. The molecule has 2 heterocycles. The molecule has 2 aromatic heterocycles. The molecule has 0 saturated heterocycles. The number of aryl methyl sites for hydroxylation is 2. The van der Waals surface area contributed by atoms with Crippen LogP contribution in [0, 0.1) is 6.92 Å². The molecule has 86 valence electrons. The predicted octanol–water partition coefficient (Wildman–Crippen LogP) is 1.91. The number of nitrogens with zero attached hydrogens (tertiary/aromatic N) is 3. The van der Waals surface area contributed by atoms with E-state index in [9.17, 15) is 0 Å². The highest BCUT2D eigenvalue weighted by Gasteiger charge is 2.14. The largest absolute Gasteiger partial charge is 0.322 e. The zero-order chi connectivity index (χ0) is 11.5. The fraction of sp³-hybridized carbons (Fsp3) is 0.455. The molecule has 2 rings (SSSR count). The van der Waals surface area contributed by atoms with Crippen LogP contribution in [-0.4, -0.2) is 14.8 Å². The standard InChI is InChI=1S/C11H16N4S/c1-3-15-10(6-8(2)14-15)9(12)7-11-13-4-5-16-11/h4-6,9H,3,7,12H2,1-2H3. The zero-order valence-electron chi connectivity index (χ0n) is 9.55. The van der Waals surface area contributed by atoms with E-state index in [0.29, 0.717) is 0 Å². The van der Waals surface area contributed by atoms with Gasteiger partial charge in [-0.25, -0.2) is 4.98 Å². The second-order valence-electron chi connectivity index (χ2n) is 3.76. The van der Waals surface area contributed by atoms with Crippen molar-refractivity contribution < 1.29 is 0 Å². The molecule has 4 nitrogen and oxygen atoms in total. The molecule has 0 spiro atoms. The molecule has 0 aliphatic carbocycles. The maximum atomic E-state index is 6.18. The molecule has 1 unspecified atom stereocenters. The van der Waals surface area contributed by atoms with Crippen LogP contribution in [0.1, 0.15) is 29.4 Å². The van der Waals surface area contributed by atoms with Gasteiger partial charge in [0, 0.05) is 24.5 Å². The first kappa shape index (κ1) is 11.3. The van der Waals surface area contributed by atoms with Crippen LogP contribution in [0.2, 0.25) is 0 Å². The Kier molecular flexibility index (Phi) is 3.36. The molecule has 0 aliphatic rings. The van der Waals surface area contributed by atoms with Crippen molar-refractivity contribution in [2.24, 2.45) is 5.73 Å². The van der Waals surface area contributed by atoms with E-state index in [4.69, 9.17) is 5.73 Å². The van der Waals surface area contributed by atoms with Gasteiger partial charge in [0.2, 0.25) is 0 Å². The van der Waals surface area contributed by atoms with Gasteiger partial charge in [-0.15, -0.1) is 11.3 Å². The van der Waals surface area contributed by atoms with E-state index in [2.05, 4.69) is 23.1 Å². The predicted molar refractivity (Wildman–Crippen MR) is 65.4 cm³/mol. The Labute approximate surface area is 99.1 Å². The van der Waals surface area contributed by atoms with Gasteiger partial charge in [-0.3, -0.25) is 4.68 Å². The zero-order valence-corrected chi connectivity index (χ0v) is 10.4. The minimum atomic E-state index is -0.0210. The van der Waals surface area contributed by atoms with Gasteiger partial charge in [-0.05, 0) is 19.9 Å². The summed E-state index contributed by atoms with van der Waals surface area (Å²) >= 11 is 1.65.